The monoisotopic (exact) mass is 381 g/mol. The third kappa shape index (κ3) is 3.74. The Morgan fingerprint density at radius 2 is 1.90 bits per heavy atom. The fourth-order valence-corrected chi connectivity index (χ4v) is 3.37. The zero-order valence-corrected chi connectivity index (χ0v) is 16.4. The van der Waals surface area contributed by atoms with Crippen molar-refractivity contribution in [1.82, 2.24) is 14.5 Å². The molecule has 4 aromatic rings. The smallest absolute Gasteiger partial charge is 0.216 e. The first-order valence-corrected chi connectivity index (χ1v) is 9.61. The van der Waals surface area contributed by atoms with E-state index in [1.54, 1.807) is 24.5 Å². The largest absolute Gasteiger partial charge is 0.340 e. The van der Waals surface area contributed by atoms with Gasteiger partial charge in [-0.05, 0) is 42.3 Å². The van der Waals surface area contributed by atoms with Crippen LogP contribution in [0.3, 0.4) is 0 Å². The molecule has 0 saturated carbocycles. The van der Waals surface area contributed by atoms with Crippen LogP contribution in [0.5, 0.6) is 0 Å². The van der Waals surface area contributed by atoms with Crippen LogP contribution in [0.4, 0.5) is 0 Å². The minimum Gasteiger partial charge on any atom is -0.340 e. The summed E-state index contributed by atoms with van der Waals surface area (Å²) in [6, 6.07) is 16.7. The number of hydrogen-bond acceptors (Lipinski definition) is 4. The molecule has 0 N–H and O–H groups in total. The van der Waals surface area contributed by atoms with E-state index in [4.69, 9.17) is 0 Å². The Balaban J connectivity index is 1.85. The van der Waals surface area contributed by atoms with Crippen molar-refractivity contribution in [2.45, 2.75) is 20.3 Å². The average molecular weight is 381 g/mol. The molecule has 29 heavy (non-hydrogen) atoms. The molecule has 0 aliphatic rings. The molecular formula is C23H20BN3O2. The van der Waals surface area contributed by atoms with Gasteiger partial charge in [-0.1, -0.05) is 37.2 Å². The molecule has 0 fully saturated rings. The lowest BCUT2D eigenvalue weighted by Crippen LogP contribution is -2.22. The van der Waals surface area contributed by atoms with Gasteiger partial charge in [0.1, 0.15) is 5.69 Å². The fraction of sp³-hybridized carbons (Fsp3) is 0.130. The zero-order valence-electron chi connectivity index (χ0n) is 16.4. The molecule has 0 aliphatic heterocycles. The molecule has 0 bridgehead atoms. The topological polar surface area (TPSA) is 64.8 Å². The van der Waals surface area contributed by atoms with Crippen molar-refractivity contribution in [3.8, 4) is 0 Å². The lowest BCUT2D eigenvalue weighted by molar-refractivity contribution is 0.103. The van der Waals surface area contributed by atoms with Crippen molar-refractivity contribution in [3.05, 3.63) is 99.7 Å². The van der Waals surface area contributed by atoms with Crippen LogP contribution in [0.15, 0.2) is 71.8 Å². The van der Waals surface area contributed by atoms with Crippen molar-refractivity contribution in [1.29, 1.82) is 0 Å². The van der Waals surface area contributed by atoms with E-state index in [0.717, 1.165) is 29.6 Å². The first kappa shape index (κ1) is 18.8. The van der Waals surface area contributed by atoms with Gasteiger partial charge in [-0.2, -0.15) is 0 Å². The number of nitrogens with zero attached hydrogens (tertiary/aromatic N) is 3. The molecule has 4 rings (SSSR count). The van der Waals surface area contributed by atoms with Crippen LogP contribution in [-0.4, -0.2) is 27.6 Å². The van der Waals surface area contributed by atoms with Gasteiger partial charge in [0.15, 0.2) is 7.28 Å². The van der Waals surface area contributed by atoms with Gasteiger partial charge in [0, 0.05) is 17.8 Å². The molecule has 0 aliphatic carbocycles. The van der Waals surface area contributed by atoms with Crippen LogP contribution in [0.25, 0.3) is 10.9 Å². The van der Waals surface area contributed by atoms with E-state index >= 15 is 0 Å². The number of rotatable bonds is 5. The molecule has 1 aromatic carbocycles. The highest BCUT2D eigenvalue weighted by molar-refractivity contribution is 6.50. The molecule has 0 unspecified atom stereocenters. The first-order chi connectivity index (χ1) is 14.1. The van der Waals surface area contributed by atoms with Crippen LogP contribution < -0.4 is 11.0 Å². The lowest BCUT2D eigenvalue weighted by atomic mass is 9.77. The number of ketones is 1. The Morgan fingerprint density at radius 3 is 2.66 bits per heavy atom. The first-order valence-electron chi connectivity index (χ1n) is 9.61. The van der Waals surface area contributed by atoms with E-state index in [0.29, 0.717) is 11.9 Å². The molecule has 0 saturated heterocycles. The van der Waals surface area contributed by atoms with Crippen LogP contribution >= 0.6 is 0 Å². The second-order valence-corrected chi connectivity index (χ2v) is 7.04. The highest BCUT2D eigenvalue weighted by Gasteiger charge is 2.18. The quantitative estimate of drug-likeness (QED) is 0.394. The lowest BCUT2D eigenvalue weighted by Gasteiger charge is -2.13. The van der Waals surface area contributed by atoms with E-state index in [9.17, 15) is 9.59 Å². The second kappa shape index (κ2) is 7.83. The van der Waals surface area contributed by atoms with Gasteiger partial charge >= 0.3 is 0 Å². The van der Waals surface area contributed by atoms with Crippen LogP contribution in [0, 0.1) is 6.92 Å². The molecule has 0 amide bonds. The summed E-state index contributed by atoms with van der Waals surface area (Å²) >= 11 is 0. The normalized spacial score (nSPS) is 10.8. The molecule has 0 atom stereocenters. The molecule has 142 valence electrons. The van der Waals surface area contributed by atoms with Gasteiger partial charge < -0.3 is 4.57 Å². The summed E-state index contributed by atoms with van der Waals surface area (Å²) in [5, 5.41) is 0.511. The molecule has 6 heteroatoms. The summed E-state index contributed by atoms with van der Waals surface area (Å²) in [5.41, 5.74) is 3.72. The fourth-order valence-electron chi connectivity index (χ4n) is 3.37. The van der Waals surface area contributed by atoms with Crippen LogP contribution in [0.1, 0.15) is 27.3 Å². The van der Waals surface area contributed by atoms with Crippen molar-refractivity contribution in [3.63, 3.8) is 0 Å². The highest BCUT2D eigenvalue weighted by Crippen LogP contribution is 2.15. The molecule has 3 heterocycles. The number of benzene rings is 1. The molecule has 0 spiro atoms. The summed E-state index contributed by atoms with van der Waals surface area (Å²) in [5.74, 6) is -0.371. The number of hydrogen-bond donors (Lipinski definition) is 0. The van der Waals surface area contributed by atoms with Gasteiger partial charge in [0.2, 0.25) is 11.2 Å². The van der Waals surface area contributed by atoms with E-state index < -0.39 is 0 Å². The Bertz CT molecular complexity index is 1260. The number of carbonyl (C=O) groups is 1. The predicted molar refractivity (Wildman–Crippen MR) is 117 cm³/mol. The standard InChI is InChI=1S/C23H20BN3O2/c1-15-10-11-19(25-12-15)23(29)18-14-27(13-16-6-5-9-21(24-2)26-16)20-8-4-3-7-17(20)22(18)28/h3-12,14,24H,13H2,1-2H3. The number of aryl methyl sites for hydroxylation is 1. The van der Waals surface area contributed by atoms with Gasteiger partial charge in [0.25, 0.3) is 0 Å². The molecule has 5 nitrogen and oxygen atoms in total. The van der Waals surface area contributed by atoms with Crippen molar-refractivity contribution < 1.29 is 4.79 Å². The number of aromatic nitrogens is 3. The van der Waals surface area contributed by atoms with E-state index in [2.05, 4.69) is 16.8 Å². The maximum atomic E-state index is 13.0. The number of fused-ring (bicyclic) bond motifs is 1. The summed E-state index contributed by atoms with van der Waals surface area (Å²) in [7, 11) is 0.849. The van der Waals surface area contributed by atoms with Gasteiger partial charge in [-0.25, -0.2) is 0 Å². The summed E-state index contributed by atoms with van der Waals surface area (Å²) in [6.45, 7) is 4.43. The third-order valence-electron chi connectivity index (χ3n) is 4.94. The van der Waals surface area contributed by atoms with Crippen molar-refractivity contribution in [2.75, 3.05) is 0 Å². The Morgan fingerprint density at radius 1 is 1.07 bits per heavy atom. The predicted octanol–water partition coefficient (Wildman–Crippen LogP) is 2.49. The number of para-hydroxylation sites is 1. The summed E-state index contributed by atoms with van der Waals surface area (Å²) in [6.07, 6.45) is 3.27. The Kier molecular flexibility index (Phi) is 5.08. The highest BCUT2D eigenvalue weighted by atomic mass is 16.1. The van der Waals surface area contributed by atoms with Crippen LogP contribution in [0.2, 0.25) is 6.82 Å². The molecule has 3 aromatic heterocycles. The minimum atomic E-state index is -0.371. The van der Waals surface area contributed by atoms with Gasteiger partial charge in [-0.15, -0.1) is 0 Å². The van der Waals surface area contributed by atoms with Crippen molar-refractivity contribution >= 4 is 29.6 Å². The van der Waals surface area contributed by atoms with Gasteiger partial charge in [-0.3, -0.25) is 19.6 Å². The molecular weight excluding hydrogens is 361 g/mol. The van der Waals surface area contributed by atoms with Crippen LogP contribution in [-0.2, 0) is 6.54 Å². The Labute approximate surface area is 169 Å². The van der Waals surface area contributed by atoms with E-state index in [1.807, 2.05) is 54.0 Å². The Hall–Kier alpha value is -3.54. The van der Waals surface area contributed by atoms with E-state index in [-0.39, 0.29) is 22.5 Å². The van der Waals surface area contributed by atoms with Gasteiger partial charge in [0.05, 0.1) is 23.3 Å². The summed E-state index contributed by atoms with van der Waals surface area (Å²) in [4.78, 5) is 34.9. The summed E-state index contributed by atoms with van der Waals surface area (Å²) < 4.78 is 1.92. The second-order valence-electron chi connectivity index (χ2n) is 7.04. The molecule has 0 radical (unpaired) electrons. The SMILES string of the molecule is CBc1cccc(Cn2cc(C(=O)c3ccc(C)cn3)c(=O)c3ccccc32)n1. The third-order valence-corrected chi connectivity index (χ3v) is 4.94. The van der Waals surface area contributed by atoms with E-state index in [1.165, 1.54) is 0 Å². The van der Waals surface area contributed by atoms with Crippen molar-refractivity contribution in [2.24, 2.45) is 0 Å². The maximum Gasteiger partial charge on any atom is 0.216 e. The zero-order chi connectivity index (χ0) is 20.4. The maximum absolute atomic E-state index is 13.0. The number of carbonyl (C=O) groups excluding carboxylic acids is 1. The minimum absolute atomic E-state index is 0.117. The average Bonchev–Trinajstić information content (AvgIpc) is 2.76. The number of pyridine rings is 3.